The van der Waals surface area contributed by atoms with Gasteiger partial charge in [-0.3, -0.25) is 0 Å². The number of rotatable bonds is 2. The van der Waals surface area contributed by atoms with Gasteiger partial charge in [0.25, 0.3) is 0 Å². The number of hydrogen-bond donors (Lipinski definition) is 1. The maximum Gasteiger partial charge on any atom is 0.159 e. The van der Waals surface area contributed by atoms with E-state index in [1.54, 1.807) is 0 Å². The third-order valence-corrected chi connectivity index (χ3v) is 4.09. The van der Waals surface area contributed by atoms with Gasteiger partial charge in [0.05, 0.1) is 0 Å². The standard InChI is InChI=1S/C7H9NSi2/c1-10(8-9)7-5-3-2-4-6-7/h2-6,8H,1H3. The van der Waals surface area contributed by atoms with Crippen molar-refractivity contribution in [2.75, 3.05) is 0 Å². The van der Waals surface area contributed by atoms with Crippen molar-refractivity contribution in [3.63, 3.8) is 0 Å². The zero-order valence-electron chi connectivity index (χ0n) is 5.89. The van der Waals surface area contributed by atoms with Crippen molar-refractivity contribution in [3.8, 4) is 0 Å². The van der Waals surface area contributed by atoms with Gasteiger partial charge in [-0.25, -0.2) is 0 Å². The molecule has 0 aliphatic heterocycles. The van der Waals surface area contributed by atoms with Crippen LogP contribution >= 0.6 is 0 Å². The summed E-state index contributed by atoms with van der Waals surface area (Å²) in [5.74, 6) is 0. The summed E-state index contributed by atoms with van der Waals surface area (Å²) in [5.41, 5.74) is 0. The first kappa shape index (κ1) is 7.72. The lowest BCUT2D eigenvalue weighted by molar-refractivity contribution is 1.55. The molecular formula is C7H9NSi2. The SMILES string of the molecule is C[Si](N[Si])c1ccccc1. The lowest BCUT2D eigenvalue weighted by atomic mass is 10.4. The Morgan fingerprint density at radius 2 is 1.90 bits per heavy atom. The Bertz CT molecular complexity index is 188. The van der Waals surface area contributed by atoms with E-state index >= 15 is 0 Å². The van der Waals surface area contributed by atoms with Crippen molar-refractivity contribution in [2.24, 2.45) is 0 Å². The normalized spacial score (nSPS) is 10.3. The monoisotopic (exact) mass is 163 g/mol. The highest BCUT2D eigenvalue weighted by molar-refractivity contribution is 6.73. The maximum atomic E-state index is 3.29. The molecule has 0 spiro atoms. The van der Waals surface area contributed by atoms with Crippen LogP contribution in [0.2, 0.25) is 6.55 Å². The Kier molecular flexibility index (Phi) is 2.86. The molecule has 1 nitrogen and oxygen atoms in total. The fraction of sp³-hybridized carbons (Fsp3) is 0.143. The molecule has 0 unspecified atom stereocenters. The van der Waals surface area contributed by atoms with E-state index in [1.165, 1.54) is 5.19 Å². The third kappa shape index (κ3) is 1.80. The number of nitrogens with one attached hydrogen (secondary N) is 1. The molecule has 0 heterocycles. The summed E-state index contributed by atoms with van der Waals surface area (Å²) in [7, 11) is 2.75. The predicted octanol–water partition coefficient (Wildman–Crippen LogP) is 0.188. The lowest BCUT2D eigenvalue weighted by Gasteiger charge is -2.05. The van der Waals surface area contributed by atoms with Crippen LogP contribution in [0.15, 0.2) is 30.3 Å². The fourth-order valence-corrected chi connectivity index (χ4v) is 2.03. The molecule has 50 valence electrons. The molecule has 0 bridgehead atoms. The van der Waals surface area contributed by atoms with E-state index < -0.39 is 8.96 Å². The van der Waals surface area contributed by atoms with Crippen molar-refractivity contribution >= 4 is 24.5 Å². The molecule has 0 amide bonds. The highest BCUT2D eigenvalue weighted by Crippen LogP contribution is 1.83. The maximum absolute atomic E-state index is 3.29. The molecule has 0 saturated carbocycles. The van der Waals surface area contributed by atoms with E-state index in [0.717, 1.165) is 0 Å². The smallest absolute Gasteiger partial charge is 0.159 e. The summed E-state index contributed by atoms with van der Waals surface area (Å²) in [4.78, 5) is 0. The van der Waals surface area contributed by atoms with Crippen LogP contribution in [0, 0.1) is 0 Å². The van der Waals surface area contributed by atoms with Gasteiger partial charge >= 0.3 is 0 Å². The third-order valence-electron chi connectivity index (χ3n) is 1.39. The average molecular weight is 163 g/mol. The second-order valence-corrected chi connectivity index (χ2v) is 4.94. The minimum Gasteiger partial charge on any atom is -0.360 e. The lowest BCUT2D eigenvalue weighted by Crippen LogP contribution is -2.40. The molecule has 4 radical (unpaired) electrons. The van der Waals surface area contributed by atoms with Gasteiger partial charge in [0.2, 0.25) is 0 Å². The van der Waals surface area contributed by atoms with Crippen LogP contribution in [0.1, 0.15) is 0 Å². The molecule has 0 aliphatic rings. The first-order chi connectivity index (χ1) is 4.84. The van der Waals surface area contributed by atoms with Crippen LogP contribution in [0.3, 0.4) is 0 Å². The van der Waals surface area contributed by atoms with Gasteiger partial charge in [0.15, 0.2) is 8.96 Å². The molecule has 0 aromatic heterocycles. The van der Waals surface area contributed by atoms with Gasteiger partial charge in [0, 0.05) is 0 Å². The Labute approximate surface area is 66.7 Å². The summed E-state index contributed by atoms with van der Waals surface area (Å²) in [6, 6.07) is 10.4. The average Bonchev–Trinajstić information content (AvgIpc) is 2.05. The van der Waals surface area contributed by atoms with Crippen LogP contribution in [0.4, 0.5) is 0 Å². The van der Waals surface area contributed by atoms with Crippen LogP contribution in [-0.2, 0) is 0 Å². The molecule has 0 fully saturated rings. The Morgan fingerprint density at radius 1 is 1.30 bits per heavy atom. The largest absolute Gasteiger partial charge is 0.360 e. The molecule has 3 heteroatoms. The second kappa shape index (κ2) is 3.70. The van der Waals surface area contributed by atoms with E-state index in [0.29, 0.717) is 0 Å². The predicted molar refractivity (Wildman–Crippen MR) is 46.6 cm³/mol. The summed E-state index contributed by atoms with van der Waals surface area (Å²) in [6.07, 6.45) is 0. The van der Waals surface area contributed by atoms with Crippen molar-refractivity contribution < 1.29 is 0 Å². The van der Waals surface area contributed by atoms with Gasteiger partial charge in [-0.05, 0) is 5.19 Å². The van der Waals surface area contributed by atoms with Crippen molar-refractivity contribution in [3.05, 3.63) is 30.3 Å². The van der Waals surface area contributed by atoms with Gasteiger partial charge in [0.1, 0.15) is 10.4 Å². The first-order valence-corrected chi connectivity index (χ1v) is 5.66. The second-order valence-electron chi connectivity index (χ2n) is 2.12. The topological polar surface area (TPSA) is 12.0 Å². The highest BCUT2D eigenvalue weighted by Gasteiger charge is 2.01. The van der Waals surface area contributed by atoms with Crippen LogP contribution in [0.25, 0.3) is 0 Å². The zero-order chi connectivity index (χ0) is 7.40. The molecule has 0 saturated heterocycles. The van der Waals surface area contributed by atoms with E-state index in [1.807, 2.05) is 6.07 Å². The minimum absolute atomic E-state index is 0.543. The molecule has 0 aliphatic carbocycles. The van der Waals surface area contributed by atoms with Crippen LogP contribution in [-0.4, -0.2) is 19.4 Å². The molecule has 1 N–H and O–H groups in total. The van der Waals surface area contributed by atoms with Crippen molar-refractivity contribution in [2.45, 2.75) is 6.55 Å². The Hall–Kier alpha value is -0.386. The summed E-state index contributed by atoms with van der Waals surface area (Å²) < 4.78 is 3.09. The van der Waals surface area contributed by atoms with Gasteiger partial charge in [-0.2, -0.15) is 0 Å². The molecule has 10 heavy (non-hydrogen) atoms. The highest BCUT2D eigenvalue weighted by atomic mass is 28.3. The van der Waals surface area contributed by atoms with Gasteiger partial charge < -0.3 is 4.65 Å². The first-order valence-electron chi connectivity index (χ1n) is 3.16. The van der Waals surface area contributed by atoms with E-state index in [4.69, 9.17) is 0 Å². The molecule has 0 atom stereocenters. The van der Waals surface area contributed by atoms with Crippen molar-refractivity contribution in [1.29, 1.82) is 0 Å². The summed E-state index contributed by atoms with van der Waals surface area (Å²) in [6.45, 7) is 2.20. The fourth-order valence-electron chi connectivity index (χ4n) is 0.760. The molecular weight excluding hydrogens is 154 g/mol. The van der Waals surface area contributed by atoms with Gasteiger partial charge in [-0.1, -0.05) is 36.9 Å². The Balaban J connectivity index is 2.75. The van der Waals surface area contributed by atoms with Gasteiger partial charge in [-0.15, -0.1) is 0 Å². The van der Waals surface area contributed by atoms with Crippen LogP contribution < -0.4 is 9.83 Å². The van der Waals surface area contributed by atoms with Crippen molar-refractivity contribution in [1.82, 2.24) is 4.65 Å². The zero-order valence-corrected chi connectivity index (χ0v) is 7.89. The van der Waals surface area contributed by atoms with E-state index in [-0.39, 0.29) is 0 Å². The number of benzene rings is 1. The summed E-state index contributed by atoms with van der Waals surface area (Å²) in [5, 5.41) is 1.39. The van der Waals surface area contributed by atoms with E-state index in [9.17, 15) is 0 Å². The quantitative estimate of drug-likeness (QED) is 0.614. The minimum atomic E-state index is -0.543. The molecule has 1 aromatic rings. The Morgan fingerprint density at radius 3 is 2.40 bits per heavy atom. The summed E-state index contributed by atoms with van der Waals surface area (Å²) >= 11 is 0. The molecule has 1 rings (SSSR count). The van der Waals surface area contributed by atoms with Crippen LogP contribution in [0.5, 0.6) is 0 Å². The number of hydrogen-bond acceptors (Lipinski definition) is 1. The molecule has 1 aromatic carbocycles. The van der Waals surface area contributed by atoms with E-state index in [2.05, 4.69) is 45.9 Å².